The number of hydrogen-bond donors (Lipinski definition) is 2. The van der Waals surface area contributed by atoms with Crippen LogP contribution in [0.15, 0.2) is 60.7 Å². The van der Waals surface area contributed by atoms with Crippen molar-refractivity contribution in [3.8, 4) is 0 Å². The van der Waals surface area contributed by atoms with Crippen molar-refractivity contribution in [2.24, 2.45) is 17.6 Å². The number of primary amides is 1. The summed E-state index contributed by atoms with van der Waals surface area (Å²) in [5.41, 5.74) is 8.86. The Morgan fingerprint density at radius 2 is 1.79 bits per heavy atom. The number of para-hydroxylation sites is 2. The largest absolute Gasteiger partial charge is 0.369 e. The molecular formula is C27H28ClN7O3. The van der Waals surface area contributed by atoms with Crippen LogP contribution in [-0.2, 0) is 27.3 Å². The Hall–Kier alpha value is -4.31. The zero-order valence-corrected chi connectivity index (χ0v) is 21.8. The number of carbonyl (C=O) groups excluding carboxylic acids is 3. The summed E-state index contributed by atoms with van der Waals surface area (Å²) in [6, 6.07) is 19.4. The zero-order valence-electron chi connectivity index (χ0n) is 21.0. The molecule has 11 heteroatoms. The van der Waals surface area contributed by atoms with Crippen molar-refractivity contribution in [1.82, 2.24) is 20.6 Å². The predicted octanol–water partition coefficient (Wildman–Crippen LogP) is 2.94. The molecule has 0 saturated carbocycles. The van der Waals surface area contributed by atoms with E-state index in [1.807, 2.05) is 55.5 Å². The van der Waals surface area contributed by atoms with Crippen LogP contribution in [0.5, 0.6) is 0 Å². The van der Waals surface area contributed by atoms with Gasteiger partial charge in [-0.1, -0.05) is 60.7 Å². The van der Waals surface area contributed by atoms with Gasteiger partial charge in [0.15, 0.2) is 5.82 Å². The highest BCUT2D eigenvalue weighted by atomic mass is 35.5. The number of tetrazole rings is 1. The highest BCUT2D eigenvalue weighted by Crippen LogP contribution is 2.38. The lowest BCUT2D eigenvalue weighted by molar-refractivity contribution is -0.131. The molecule has 0 aliphatic carbocycles. The standard InChI is InChI=1S/C27H27N7O3.ClH/c1-16-11-12-18-7-3-4-8-19(18)20(16)14-34-23-10-6-5-9-22(23)33(25(35)13-24-29-31-32-30-24)15-21(27(34)37)17(2)26(28)36;/h3-12,17,21H,13-15H2,1-2H3,(H2,28,36)(H,29,30,31,32);1H/t17?,21-;/m1./s1. The van der Waals surface area contributed by atoms with Gasteiger partial charge in [-0.15, -0.1) is 22.6 Å². The highest BCUT2D eigenvalue weighted by molar-refractivity contribution is 6.07. The Balaban J connectivity index is 0.00000336. The SMILES string of the molecule is Cc1ccc2ccccc2c1CN1C(=O)[C@@H](C(C)C(N)=O)CN(C(=O)Cc2nn[nH]n2)c2ccccc21.Cl. The van der Waals surface area contributed by atoms with Crippen LogP contribution in [0.1, 0.15) is 23.9 Å². The minimum atomic E-state index is -0.839. The van der Waals surface area contributed by atoms with E-state index in [1.165, 1.54) is 4.90 Å². The number of benzene rings is 3. The Morgan fingerprint density at radius 1 is 1.08 bits per heavy atom. The molecule has 3 N–H and O–H groups in total. The first-order chi connectivity index (χ1) is 17.8. The van der Waals surface area contributed by atoms with Gasteiger partial charge in [0.05, 0.1) is 30.3 Å². The summed E-state index contributed by atoms with van der Waals surface area (Å²) in [6.45, 7) is 3.92. The van der Waals surface area contributed by atoms with Gasteiger partial charge in [-0.05, 0) is 41.0 Å². The predicted molar refractivity (Wildman–Crippen MR) is 146 cm³/mol. The van der Waals surface area contributed by atoms with E-state index >= 15 is 0 Å². The van der Waals surface area contributed by atoms with E-state index in [0.717, 1.165) is 21.9 Å². The summed E-state index contributed by atoms with van der Waals surface area (Å²) >= 11 is 0. The molecule has 196 valence electrons. The van der Waals surface area contributed by atoms with E-state index in [1.54, 1.807) is 17.9 Å². The number of H-pyrrole nitrogens is 1. The fourth-order valence-corrected chi connectivity index (χ4v) is 4.88. The van der Waals surface area contributed by atoms with E-state index in [2.05, 4.69) is 26.7 Å². The second-order valence-corrected chi connectivity index (χ2v) is 9.30. The van der Waals surface area contributed by atoms with E-state index in [-0.39, 0.29) is 49.6 Å². The number of carbonyl (C=O) groups is 3. The molecule has 0 saturated heterocycles. The molecule has 4 aromatic rings. The second-order valence-electron chi connectivity index (χ2n) is 9.30. The minimum absolute atomic E-state index is 0. The van der Waals surface area contributed by atoms with Gasteiger partial charge in [-0.2, -0.15) is 5.21 Å². The summed E-state index contributed by atoms with van der Waals surface area (Å²) in [5.74, 6) is -2.57. The van der Waals surface area contributed by atoms with E-state index in [9.17, 15) is 14.4 Å². The molecule has 10 nitrogen and oxygen atoms in total. The number of hydrogen-bond acceptors (Lipinski definition) is 6. The van der Waals surface area contributed by atoms with Gasteiger partial charge in [-0.3, -0.25) is 14.4 Å². The van der Waals surface area contributed by atoms with Crippen LogP contribution < -0.4 is 15.5 Å². The lowest BCUT2D eigenvalue weighted by Crippen LogP contribution is -2.46. The number of aromatic amines is 1. The fraction of sp³-hybridized carbons (Fsp3) is 0.259. The minimum Gasteiger partial charge on any atom is -0.369 e. The van der Waals surface area contributed by atoms with Gasteiger partial charge in [0.25, 0.3) is 0 Å². The maximum absolute atomic E-state index is 14.1. The summed E-state index contributed by atoms with van der Waals surface area (Å²) in [6.07, 6.45) is -0.112. The van der Waals surface area contributed by atoms with Crippen LogP contribution in [0, 0.1) is 18.8 Å². The first-order valence-electron chi connectivity index (χ1n) is 12.0. The van der Waals surface area contributed by atoms with Crippen LogP contribution >= 0.6 is 12.4 Å². The molecule has 5 rings (SSSR count). The molecule has 0 spiro atoms. The topological polar surface area (TPSA) is 138 Å². The summed E-state index contributed by atoms with van der Waals surface area (Å²) < 4.78 is 0. The number of fused-ring (bicyclic) bond motifs is 2. The van der Waals surface area contributed by atoms with Crippen molar-refractivity contribution in [3.63, 3.8) is 0 Å². The van der Waals surface area contributed by atoms with Gasteiger partial charge in [-0.25, -0.2) is 0 Å². The molecule has 0 fully saturated rings. The zero-order chi connectivity index (χ0) is 26.1. The molecule has 0 bridgehead atoms. The van der Waals surface area contributed by atoms with Crippen LogP contribution in [0.3, 0.4) is 0 Å². The first kappa shape index (κ1) is 26.7. The number of nitrogens with zero attached hydrogens (tertiary/aromatic N) is 5. The number of aryl methyl sites for hydroxylation is 1. The molecule has 0 radical (unpaired) electrons. The molecule has 1 aliphatic rings. The molecule has 2 atom stereocenters. The quantitative estimate of drug-likeness (QED) is 0.391. The van der Waals surface area contributed by atoms with E-state index in [0.29, 0.717) is 11.4 Å². The van der Waals surface area contributed by atoms with Crippen molar-refractivity contribution in [3.05, 3.63) is 77.6 Å². The van der Waals surface area contributed by atoms with Gasteiger partial charge in [0, 0.05) is 12.5 Å². The Labute approximate surface area is 225 Å². The summed E-state index contributed by atoms with van der Waals surface area (Å²) in [4.78, 5) is 43.1. The van der Waals surface area contributed by atoms with Gasteiger partial charge < -0.3 is 15.5 Å². The number of halogens is 1. The summed E-state index contributed by atoms with van der Waals surface area (Å²) in [7, 11) is 0. The van der Waals surface area contributed by atoms with Crippen molar-refractivity contribution in [2.75, 3.05) is 16.3 Å². The number of rotatable bonds is 6. The smallest absolute Gasteiger partial charge is 0.234 e. The van der Waals surface area contributed by atoms with Crippen LogP contribution in [-0.4, -0.2) is 44.9 Å². The first-order valence-corrected chi connectivity index (χ1v) is 12.0. The Bertz CT molecular complexity index is 1490. The summed E-state index contributed by atoms with van der Waals surface area (Å²) in [5, 5.41) is 15.8. The average molecular weight is 534 g/mol. The van der Waals surface area contributed by atoms with Crippen molar-refractivity contribution >= 4 is 52.3 Å². The molecule has 2 heterocycles. The molecule has 38 heavy (non-hydrogen) atoms. The molecule has 3 aromatic carbocycles. The lowest BCUT2D eigenvalue weighted by Gasteiger charge is -2.28. The maximum atomic E-state index is 14.1. The molecule has 3 amide bonds. The monoisotopic (exact) mass is 533 g/mol. The van der Waals surface area contributed by atoms with Crippen LogP contribution in [0.4, 0.5) is 11.4 Å². The van der Waals surface area contributed by atoms with Crippen molar-refractivity contribution < 1.29 is 14.4 Å². The van der Waals surface area contributed by atoms with Crippen LogP contribution in [0.2, 0.25) is 0 Å². The number of nitrogens with one attached hydrogen (secondary N) is 1. The van der Waals surface area contributed by atoms with Crippen molar-refractivity contribution in [1.29, 1.82) is 0 Å². The van der Waals surface area contributed by atoms with Crippen LogP contribution in [0.25, 0.3) is 10.8 Å². The van der Waals surface area contributed by atoms with Gasteiger partial charge in [0.2, 0.25) is 17.7 Å². The average Bonchev–Trinajstić information content (AvgIpc) is 3.37. The highest BCUT2D eigenvalue weighted by Gasteiger charge is 2.40. The number of nitrogens with two attached hydrogens (primary N) is 1. The maximum Gasteiger partial charge on any atom is 0.234 e. The number of amides is 3. The molecule has 1 unspecified atom stereocenters. The van der Waals surface area contributed by atoms with Crippen molar-refractivity contribution in [2.45, 2.75) is 26.8 Å². The van der Waals surface area contributed by atoms with Gasteiger partial charge >= 0.3 is 0 Å². The third-order valence-electron chi connectivity index (χ3n) is 7.07. The van der Waals surface area contributed by atoms with E-state index < -0.39 is 17.7 Å². The Morgan fingerprint density at radius 3 is 2.50 bits per heavy atom. The molecule has 1 aromatic heterocycles. The molecular weight excluding hydrogens is 506 g/mol. The second kappa shape index (κ2) is 11.0. The Kier molecular flexibility index (Phi) is 7.72. The lowest BCUT2D eigenvalue weighted by atomic mass is 9.91. The fourth-order valence-electron chi connectivity index (χ4n) is 4.88. The number of anilines is 2. The normalized spacial score (nSPS) is 15.9. The number of aromatic nitrogens is 4. The third kappa shape index (κ3) is 4.95. The van der Waals surface area contributed by atoms with E-state index in [4.69, 9.17) is 5.73 Å². The van der Waals surface area contributed by atoms with Gasteiger partial charge in [0.1, 0.15) is 0 Å². The third-order valence-corrected chi connectivity index (χ3v) is 7.07. The molecule has 1 aliphatic heterocycles.